The number of guanidine groups is 1. The summed E-state index contributed by atoms with van der Waals surface area (Å²) in [5.41, 5.74) is 2.58. The molecule has 0 aromatic rings. The van der Waals surface area contributed by atoms with Crippen molar-refractivity contribution in [1.29, 1.82) is 0 Å². The topological polar surface area (TPSA) is 71.7 Å². The number of hydrogen-bond donors (Lipinski definition) is 3. The molecule has 0 heterocycles. The lowest BCUT2D eigenvalue weighted by molar-refractivity contribution is 0.197. The predicted molar refractivity (Wildman–Crippen MR) is 71.7 cm³/mol. The minimum Gasteiger partial charge on any atom is -0.385 e. The van der Waals surface area contributed by atoms with E-state index in [1.165, 1.54) is 0 Å². The summed E-state index contributed by atoms with van der Waals surface area (Å²) < 4.78 is 4.95. The molecule has 4 N–H and O–H groups in total. The lowest BCUT2D eigenvalue weighted by Gasteiger charge is -2.15. The van der Waals surface area contributed by atoms with Gasteiger partial charge in [0, 0.05) is 26.3 Å². The fraction of sp³-hybridized carbons (Fsp3) is 0.900. The standard InChI is InChI=1S/C10H24N4OS/c1-9(5-8-16-3)13-10(14-11)12-6-4-7-15-2/h9H,4-8,11H2,1-3H3,(H2,12,13,14). The van der Waals surface area contributed by atoms with Crippen molar-refractivity contribution < 1.29 is 4.74 Å². The van der Waals surface area contributed by atoms with E-state index in [0.29, 0.717) is 12.0 Å². The minimum absolute atomic E-state index is 0.379. The first-order chi connectivity index (χ1) is 7.74. The van der Waals surface area contributed by atoms with Crippen molar-refractivity contribution in [2.75, 3.05) is 32.3 Å². The molecule has 0 saturated carbocycles. The van der Waals surface area contributed by atoms with E-state index >= 15 is 0 Å². The molecule has 0 aliphatic heterocycles. The third kappa shape index (κ3) is 8.82. The van der Waals surface area contributed by atoms with Crippen molar-refractivity contribution in [3.8, 4) is 0 Å². The Morgan fingerprint density at radius 2 is 2.31 bits per heavy atom. The van der Waals surface area contributed by atoms with E-state index in [1.807, 2.05) is 11.8 Å². The Morgan fingerprint density at radius 1 is 1.56 bits per heavy atom. The zero-order valence-corrected chi connectivity index (χ0v) is 11.3. The van der Waals surface area contributed by atoms with Gasteiger partial charge in [-0.25, -0.2) is 5.84 Å². The average molecular weight is 248 g/mol. The zero-order valence-electron chi connectivity index (χ0n) is 10.5. The summed E-state index contributed by atoms with van der Waals surface area (Å²) in [5.74, 6) is 7.18. The molecular formula is C10H24N4OS. The van der Waals surface area contributed by atoms with Crippen LogP contribution in [-0.4, -0.2) is 44.3 Å². The van der Waals surface area contributed by atoms with Crippen molar-refractivity contribution in [3.05, 3.63) is 0 Å². The SMILES string of the molecule is COCCCN=C(NN)NC(C)CCSC. The molecule has 0 aliphatic carbocycles. The van der Waals surface area contributed by atoms with Crippen molar-refractivity contribution in [3.63, 3.8) is 0 Å². The molecule has 0 bridgehead atoms. The normalized spacial score (nSPS) is 13.6. The zero-order chi connectivity index (χ0) is 12.2. The summed E-state index contributed by atoms with van der Waals surface area (Å²) in [5, 5.41) is 3.24. The molecule has 0 radical (unpaired) electrons. The summed E-state index contributed by atoms with van der Waals surface area (Å²) >= 11 is 1.84. The van der Waals surface area contributed by atoms with E-state index in [2.05, 4.69) is 28.9 Å². The van der Waals surface area contributed by atoms with Crippen LogP contribution in [0.5, 0.6) is 0 Å². The largest absolute Gasteiger partial charge is 0.385 e. The Morgan fingerprint density at radius 3 is 2.88 bits per heavy atom. The number of nitrogens with one attached hydrogen (secondary N) is 2. The van der Waals surface area contributed by atoms with Crippen molar-refractivity contribution in [2.45, 2.75) is 25.8 Å². The van der Waals surface area contributed by atoms with Crippen LogP contribution in [0.2, 0.25) is 0 Å². The molecule has 1 unspecified atom stereocenters. The van der Waals surface area contributed by atoms with Gasteiger partial charge < -0.3 is 10.1 Å². The average Bonchev–Trinajstić information content (AvgIpc) is 2.30. The minimum atomic E-state index is 0.379. The van der Waals surface area contributed by atoms with E-state index in [9.17, 15) is 0 Å². The number of aliphatic imine (C=N–C) groups is 1. The first-order valence-electron chi connectivity index (χ1n) is 5.50. The van der Waals surface area contributed by atoms with Crippen LogP contribution in [0.3, 0.4) is 0 Å². The van der Waals surface area contributed by atoms with Gasteiger partial charge in [0.05, 0.1) is 0 Å². The Bertz CT molecular complexity index is 190. The number of nitrogens with two attached hydrogens (primary N) is 1. The van der Waals surface area contributed by atoms with Crippen molar-refractivity contribution in [2.24, 2.45) is 10.8 Å². The fourth-order valence-corrected chi connectivity index (χ4v) is 1.72. The monoisotopic (exact) mass is 248 g/mol. The maximum atomic E-state index is 5.38. The highest BCUT2D eigenvalue weighted by molar-refractivity contribution is 7.98. The number of nitrogens with zero attached hydrogens (tertiary/aromatic N) is 1. The third-order valence-corrected chi connectivity index (χ3v) is 2.70. The highest BCUT2D eigenvalue weighted by Gasteiger charge is 2.03. The van der Waals surface area contributed by atoms with Gasteiger partial charge in [-0.2, -0.15) is 11.8 Å². The number of hydrazine groups is 1. The van der Waals surface area contributed by atoms with Crippen LogP contribution in [0.1, 0.15) is 19.8 Å². The van der Waals surface area contributed by atoms with Gasteiger partial charge >= 0.3 is 0 Å². The van der Waals surface area contributed by atoms with Gasteiger partial charge in [-0.1, -0.05) is 0 Å². The second-order valence-electron chi connectivity index (χ2n) is 3.55. The Labute approximate surface area is 103 Å². The van der Waals surface area contributed by atoms with Gasteiger partial charge in [-0.05, 0) is 31.8 Å². The second kappa shape index (κ2) is 11.0. The highest BCUT2D eigenvalue weighted by atomic mass is 32.2. The molecule has 0 saturated heterocycles. The lowest BCUT2D eigenvalue weighted by Crippen LogP contribution is -2.45. The maximum absolute atomic E-state index is 5.38. The van der Waals surface area contributed by atoms with Crippen LogP contribution in [0.25, 0.3) is 0 Å². The lowest BCUT2D eigenvalue weighted by atomic mass is 10.3. The molecule has 96 valence electrons. The van der Waals surface area contributed by atoms with Gasteiger partial charge in [0.15, 0.2) is 0 Å². The summed E-state index contributed by atoms with van der Waals surface area (Å²) in [6, 6.07) is 0.379. The fourth-order valence-electron chi connectivity index (χ4n) is 1.13. The Balaban J connectivity index is 3.79. The predicted octanol–water partition coefficient (Wildman–Crippen LogP) is 0.573. The van der Waals surface area contributed by atoms with Gasteiger partial charge in [0.25, 0.3) is 0 Å². The van der Waals surface area contributed by atoms with Crippen LogP contribution < -0.4 is 16.6 Å². The van der Waals surface area contributed by atoms with E-state index < -0.39 is 0 Å². The molecule has 0 rings (SSSR count). The van der Waals surface area contributed by atoms with Crippen LogP contribution in [0, 0.1) is 0 Å². The molecule has 1 atom stereocenters. The molecule has 0 aromatic heterocycles. The van der Waals surface area contributed by atoms with Crippen molar-refractivity contribution in [1.82, 2.24) is 10.7 Å². The molecule has 0 aromatic carbocycles. The third-order valence-electron chi connectivity index (χ3n) is 2.05. The van der Waals surface area contributed by atoms with E-state index in [4.69, 9.17) is 10.6 Å². The summed E-state index contributed by atoms with van der Waals surface area (Å²) in [6.07, 6.45) is 4.11. The molecule has 16 heavy (non-hydrogen) atoms. The first-order valence-corrected chi connectivity index (χ1v) is 6.89. The van der Waals surface area contributed by atoms with E-state index in [1.54, 1.807) is 7.11 Å². The van der Waals surface area contributed by atoms with Gasteiger partial charge in [-0.15, -0.1) is 0 Å². The molecule has 0 spiro atoms. The van der Waals surface area contributed by atoms with Crippen molar-refractivity contribution >= 4 is 17.7 Å². The molecule has 0 fully saturated rings. The van der Waals surface area contributed by atoms with Crippen LogP contribution >= 0.6 is 11.8 Å². The molecular weight excluding hydrogens is 224 g/mol. The quantitative estimate of drug-likeness (QED) is 0.193. The van der Waals surface area contributed by atoms with Gasteiger partial charge in [0.2, 0.25) is 5.96 Å². The van der Waals surface area contributed by atoms with Crippen LogP contribution in [-0.2, 0) is 4.74 Å². The number of ether oxygens (including phenoxy) is 1. The molecule has 5 nitrogen and oxygen atoms in total. The summed E-state index contributed by atoms with van der Waals surface area (Å²) in [7, 11) is 1.69. The number of rotatable bonds is 8. The van der Waals surface area contributed by atoms with Gasteiger partial charge in [-0.3, -0.25) is 10.4 Å². The molecule has 6 heteroatoms. The maximum Gasteiger partial charge on any atom is 0.205 e. The first kappa shape index (κ1) is 15.5. The van der Waals surface area contributed by atoms with Crippen LogP contribution in [0.4, 0.5) is 0 Å². The highest BCUT2D eigenvalue weighted by Crippen LogP contribution is 1.99. The number of methoxy groups -OCH3 is 1. The van der Waals surface area contributed by atoms with Gasteiger partial charge in [0.1, 0.15) is 0 Å². The van der Waals surface area contributed by atoms with Crippen LogP contribution in [0.15, 0.2) is 4.99 Å². The van der Waals surface area contributed by atoms with E-state index in [0.717, 1.165) is 31.7 Å². The summed E-state index contributed by atoms with van der Waals surface area (Å²) in [4.78, 5) is 4.31. The Kier molecular flexibility index (Phi) is 10.7. The second-order valence-corrected chi connectivity index (χ2v) is 4.53. The number of thioether (sulfide) groups is 1. The number of hydrogen-bond acceptors (Lipinski definition) is 4. The Hall–Kier alpha value is -0.460. The summed E-state index contributed by atoms with van der Waals surface area (Å²) in [6.45, 7) is 3.57. The van der Waals surface area contributed by atoms with E-state index in [-0.39, 0.29) is 0 Å². The molecule has 0 aliphatic rings. The smallest absolute Gasteiger partial charge is 0.205 e. The molecule has 0 amide bonds.